The molecule has 0 spiro atoms. The van der Waals surface area contributed by atoms with Gasteiger partial charge in [-0.1, -0.05) is 0 Å². The highest BCUT2D eigenvalue weighted by molar-refractivity contribution is 5.60. The molecule has 0 aliphatic rings. The maximum atomic E-state index is 13.4. The SMILES string of the molecule is CC(C)n1cc(Nc2c(F)c(F)c(F)c(F)c2F)cn1. The molecule has 0 aliphatic heterocycles. The molecule has 1 heterocycles. The van der Waals surface area contributed by atoms with Crippen LogP contribution in [-0.4, -0.2) is 9.78 Å². The first-order valence-corrected chi connectivity index (χ1v) is 5.65. The van der Waals surface area contributed by atoms with E-state index in [4.69, 9.17) is 0 Å². The monoisotopic (exact) mass is 291 g/mol. The van der Waals surface area contributed by atoms with E-state index in [1.165, 1.54) is 17.1 Å². The minimum absolute atomic E-state index is 0.0121. The highest BCUT2D eigenvalue weighted by Gasteiger charge is 2.26. The maximum Gasteiger partial charge on any atom is 0.200 e. The first kappa shape index (κ1) is 14.3. The van der Waals surface area contributed by atoms with Crippen LogP contribution >= 0.6 is 0 Å². The van der Waals surface area contributed by atoms with Crippen molar-refractivity contribution in [2.24, 2.45) is 0 Å². The number of nitrogens with zero attached hydrogens (tertiary/aromatic N) is 2. The van der Waals surface area contributed by atoms with Gasteiger partial charge in [0.25, 0.3) is 0 Å². The molecular formula is C12H10F5N3. The molecule has 1 N–H and O–H groups in total. The van der Waals surface area contributed by atoms with Gasteiger partial charge in [0, 0.05) is 12.2 Å². The van der Waals surface area contributed by atoms with Gasteiger partial charge < -0.3 is 5.32 Å². The number of benzene rings is 1. The molecule has 0 aliphatic carbocycles. The summed E-state index contributed by atoms with van der Waals surface area (Å²) in [6, 6.07) is -0.0121. The van der Waals surface area contributed by atoms with Gasteiger partial charge in [-0.05, 0) is 13.8 Å². The van der Waals surface area contributed by atoms with Crippen molar-refractivity contribution >= 4 is 11.4 Å². The highest BCUT2D eigenvalue weighted by atomic mass is 19.2. The van der Waals surface area contributed by atoms with Gasteiger partial charge in [0.2, 0.25) is 5.82 Å². The van der Waals surface area contributed by atoms with Crippen LogP contribution < -0.4 is 5.32 Å². The van der Waals surface area contributed by atoms with Gasteiger partial charge in [0.1, 0.15) is 5.69 Å². The molecule has 20 heavy (non-hydrogen) atoms. The second-order valence-electron chi connectivity index (χ2n) is 4.37. The molecule has 1 aromatic carbocycles. The van der Waals surface area contributed by atoms with E-state index < -0.39 is 34.8 Å². The summed E-state index contributed by atoms with van der Waals surface area (Å²) in [5.74, 6) is -10.0. The molecule has 2 aromatic rings. The van der Waals surface area contributed by atoms with Gasteiger partial charge in [-0.3, -0.25) is 4.68 Å². The van der Waals surface area contributed by atoms with Gasteiger partial charge in [-0.25, -0.2) is 22.0 Å². The molecule has 0 saturated carbocycles. The Morgan fingerprint density at radius 1 is 0.950 bits per heavy atom. The zero-order valence-corrected chi connectivity index (χ0v) is 10.5. The number of aromatic nitrogens is 2. The third-order valence-electron chi connectivity index (χ3n) is 2.61. The lowest BCUT2D eigenvalue weighted by atomic mass is 10.2. The van der Waals surface area contributed by atoms with Crippen LogP contribution in [0.5, 0.6) is 0 Å². The molecule has 0 fully saturated rings. The van der Waals surface area contributed by atoms with Crippen LogP contribution in [0.2, 0.25) is 0 Å². The number of hydrogen-bond acceptors (Lipinski definition) is 2. The summed E-state index contributed by atoms with van der Waals surface area (Å²) in [7, 11) is 0. The van der Waals surface area contributed by atoms with E-state index in [0.717, 1.165) is 0 Å². The molecular weight excluding hydrogens is 281 g/mol. The molecule has 3 nitrogen and oxygen atoms in total. The van der Waals surface area contributed by atoms with Crippen molar-refractivity contribution in [3.05, 3.63) is 41.5 Å². The highest BCUT2D eigenvalue weighted by Crippen LogP contribution is 2.29. The van der Waals surface area contributed by atoms with Crippen LogP contribution in [0.15, 0.2) is 12.4 Å². The third-order valence-corrected chi connectivity index (χ3v) is 2.61. The number of anilines is 2. The van der Waals surface area contributed by atoms with Crippen LogP contribution in [-0.2, 0) is 0 Å². The Morgan fingerprint density at radius 3 is 1.90 bits per heavy atom. The molecule has 1 aromatic heterocycles. The first-order chi connectivity index (χ1) is 9.32. The summed E-state index contributed by atoms with van der Waals surface area (Å²) < 4.78 is 67.3. The Hall–Kier alpha value is -2.12. The quantitative estimate of drug-likeness (QED) is 0.528. The van der Waals surface area contributed by atoms with E-state index in [-0.39, 0.29) is 11.7 Å². The lowest BCUT2D eigenvalue weighted by Gasteiger charge is -2.09. The van der Waals surface area contributed by atoms with Crippen molar-refractivity contribution in [2.45, 2.75) is 19.9 Å². The van der Waals surface area contributed by atoms with Crippen LogP contribution in [0.25, 0.3) is 0 Å². The second kappa shape index (κ2) is 5.10. The summed E-state index contributed by atoms with van der Waals surface area (Å²) in [6.45, 7) is 3.63. The largest absolute Gasteiger partial charge is 0.348 e. The van der Waals surface area contributed by atoms with Crippen LogP contribution in [0.4, 0.5) is 33.3 Å². The predicted octanol–water partition coefficient (Wildman–Crippen LogP) is 3.90. The van der Waals surface area contributed by atoms with Gasteiger partial charge in [-0.2, -0.15) is 5.10 Å². The van der Waals surface area contributed by atoms with Crippen molar-refractivity contribution in [2.75, 3.05) is 5.32 Å². The third kappa shape index (κ3) is 2.33. The average Bonchev–Trinajstić information content (AvgIpc) is 2.88. The number of nitrogens with one attached hydrogen (secondary N) is 1. The minimum atomic E-state index is -2.19. The normalized spacial score (nSPS) is 11.2. The average molecular weight is 291 g/mol. The van der Waals surface area contributed by atoms with Gasteiger partial charge in [0.15, 0.2) is 23.3 Å². The summed E-state index contributed by atoms with van der Waals surface area (Å²) in [4.78, 5) is 0. The lowest BCUT2D eigenvalue weighted by molar-refractivity contribution is 0.382. The Labute approximate surface area is 111 Å². The lowest BCUT2D eigenvalue weighted by Crippen LogP contribution is -2.06. The molecule has 0 amide bonds. The fourth-order valence-corrected chi connectivity index (χ4v) is 1.54. The standard InChI is InChI=1S/C12H10F5N3/c1-5(2)20-4-6(3-18-20)19-12-10(16)8(14)7(13)9(15)11(12)17/h3-5,19H,1-2H3. The van der Waals surface area contributed by atoms with Crippen LogP contribution in [0, 0.1) is 29.1 Å². The van der Waals surface area contributed by atoms with E-state index in [2.05, 4.69) is 10.4 Å². The summed E-state index contributed by atoms with van der Waals surface area (Å²) in [5, 5.41) is 6.03. The molecule has 108 valence electrons. The molecule has 0 unspecified atom stereocenters. The van der Waals surface area contributed by atoms with Gasteiger partial charge >= 0.3 is 0 Å². The maximum absolute atomic E-state index is 13.4. The fourth-order valence-electron chi connectivity index (χ4n) is 1.54. The zero-order chi connectivity index (χ0) is 15.0. The first-order valence-electron chi connectivity index (χ1n) is 5.65. The smallest absolute Gasteiger partial charge is 0.200 e. The summed E-state index contributed by atoms with van der Waals surface area (Å²) in [5.41, 5.74) is -0.994. The zero-order valence-electron chi connectivity index (χ0n) is 10.5. The van der Waals surface area contributed by atoms with Crippen molar-refractivity contribution in [3.63, 3.8) is 0 Å². The fraction of sp³-hybridized carbons (Fsp3) is 0.250. The molecule has 0 radical (unpaired) electrons. The van der Waals surface area contributed by atoms with E-state index in [0.29, 0.717) is 0 Å². The molecule has 0 bridgehead atoms. The number of rotatable bonds is 3. The topological polar surface area (TPSA) is 29.9 Å². The predicted molar refractivity (Wildman–Crippen MR) is 62.1 cm³/mol. The van der Waals surface area contributed by atoms with E-state index in [1.807, 2.05) is 13.8 Å². The van der Waals surface area contributed by atoms with Crippen molar-refractivity contribution in [3.8, 4) is 0 Å². The molecule has 0 atom stereocenters. The van der Waals surface area contributed by atoms with Crippen molar-refractivity contribution in [1.82, 2.24) is 9.78 Å². The molecule has 2 rings (SSSR count). The molecule has 0 saturated heterocycles. The Morgan fingerprint density at radius 2 is 1.45 bits per heavy atom. The van der Waals surface area contributed by atoms with Crippen LogP contribution in [0.3, 0.4) is 0 Å². The number of halogens is 5. The Kier molecular flexibility index (Phi) is 3.65. The number of hydrogen-bond donors (Lipinski definition) is 1. The van der Waals surface area contributed by atoms with E-state index in [1.54, 1.807) is 0 Å². The summed E-state index contributed by atoms with van der Waals surface area (Å²) in [6.07, 6.45) is 2.61. The van der Waals surface area contributed by atoms with Gasteiger partial charge in [0.05, 0.1) is 11.9 Å². The van der Waals surface area contributed by atoms with E-state index in [9.17, 15) is 22.0 Å². The summed E-state index contributed by atoms with van der Waals surface area (Å²) >= 11 is 0. The molecule has 8 heteroatoms. The second-order valence-corrected chi connectivity index (χ2v) is 4.37. The van der Waals surface area contributed by atoms with Crippen molar-refractivity contribution < 1.29 is 22.0 Å². The Bertz CT molecular complexity index is 622. The van der Waals surface area contributed by atoms with Crippen LogP contribution in [0.1, 0.15) is 19.9 Å². The van der Waals surface area contributed by atoms with Gasteiger partial charge in [-0.15, -0.1) is 0 Å². The van der Waals surface area contributed by atoms with Crippen molar-refractivity contribution in [1.29, 1.82) is 0 Å². The minimum Gasteiger partial charge on any atom is -0.348 e. The van der Waals surface area contributed by atoms with E-state index >= 15 is 0 Å². The Balaban J connectivity index is 2.43.